The third-order valence-corrected chi connectivity index (χ3v) is 6.42. The molecule has 0 aliphatic heterocycles. The lowest BCUT2D eigenvalue weighted by atomic mass is 10.0. The minimum absolute atomic E-state index is 0.226. The summed E-state index contributed by atoms with van der Waals surface area (Å²) in [6.45, 7) is 9.59. The van der Waals surface area contributed by atoms with Crippen LogP contribution in [-0.4, -0.2) is 15.3 Å². The number of phenols is 3. The van der Waals surface area contributed by atoms with Crippen LogP contribution in [0.5, 0.6) is 28.7 Å². The lowest BCUT2D eigenvalue weighted by Crippen LogP contribution is -2.13. The fraction of sp³-hybridized carbons (Fsp3) is 0.172. The highest BCUT2D eigenvalue weighted by Gasteiger charge is 2.20. The summed E-state index contributed by atoms with van der Waals surface area (Å²) < 4.78 is 6.11. The van der Waals surface area contributed by atoms with Gasteiger partial charge in [0.2, 0.25) is 0 Å². The van der Waals surface area contributed by atoms with Gasteiger partial charge in [0.1, 0.15) is 28.7 Å². The molecule has 0 saturated heterocycles. The molecule has 0 unspecified atom stereocenters. The van der Waals surface area contributed by atoms with E-state index in [1.807, 2.05) is 71.0 Å². The van der Waals surface area contributed by atoms with E-state index in [-0.39, 0.29) is 17.2 Å². The van der Waals surface area contributed by atoms with E-state index >= 15 is 0 Å². The van der Waals surface area contributed by atoms with E-state index in [9.17, 15) is 15.3 Å². The smallest absolute Gasteiger partial charge is 0.129 e. The summed E-state index contributed by atoms with van der Waals surface area (Å²) in [6.07, 6.45) is 0. The van der Waals surface area contributed by atoms with Gasteiger partial charge >= 0.3 is 0 Å². The van der Waals surface area contributed by atoms with Crippen molar-refractivity contribution in [3.63, 3.8) is 0 Å². The number of hydrogen-bond donors (Lipinski definition) is 3. The Morgan fingerprint density at radius 2 is 1.09 bits per heavy atom. The molecule has 0 fully saturated rings. The van der Waals surface area contributed by atoms with Crippen molar-refractivity contribution in [2.75, 3.05) is 4.90 Å². The number of aryl methyl sites for hydroxylation is 1. The highest BCUT2D eigenvalue weighted by Crippen LogP contribution is 2.43. The molecule has 0 bridgehead atoms. The average Bonchev–Trinajstić information content (AvgIpc) is 2.81. The molecule has 0 aliphatic carbocycles. The molecule has 0 radical (unpaired) electrons. The summed E-state index contributed by atoms with van der Waals surface area (Å²) in [5, 5.41) is 30.3. The van der Waals surface area contributed by atoms with Crippen LogP contribution >= 0.6 is 0 Å². The molecule has 3 N–H and O–H groups in total. The zero-order valence-electron chi connectivity index (χ0n) is 20.0. The van der Waals surface area contributed by atoms with Gasteiger partial charge in [-0.25, -0.2) is 0 Å². The van der Waals surface area contributed by atoms with Crippen LogP contribution in [-0.2, 0) is 0 Å². The van der Waals surface area contributed by atoms with Crippen molar-refractivity contribution in [3.8, 4) is 28.7 Å². The molecule has 174 valence electrons. The van der Waals surface area contributed by atoms with Crippen LogP contribution in [0.3, 0.4) is 0 Å². The Morgan fingerprint density at radius 3 is 1.65 bits per heavy atom. The summed E-state index contributed by atoms with van der Waals surface area (Å²) in [6, 6.07) is 20.1. The molecule has 0 aliphatic rings. The Bertz CT molecular complexity index is 1320. The van der Waals surface area contributed by atoms with Crippen LogP contribution in [0.2, 0.25) is 0 Å². The van der Waals surface area contributed by atoms with E-state index in [0.29, 0.717) is 11.5 Å². The Kier molecular flexibility index (Phi) is 6.12. The normalized spacial score (nSPS) is 10.9. The van der Waals surface area contributed by atoms with Gasteiger partial charge < -0.3 is 25.0 Å². The number of anilines is 3. The third kappa shape index (κ3) is 4.25. The van der Waals surface area contributed by atoms with Crippen molar-refractivity contribution in [2.24, 2.45) is 0 Å². The maximum Gasteiger partial charge on any atom is 0.129 e. The van der Waals surface area contributed by atoms with Gasteiger partial charge in [0.25, 0.3) is 0 Å². The number of phenolic OH excluding ortho intramolecular Hbond substituents is 3. The van der Waals surface area contributed by atoms with E-state index in [1.165, 1.54) is 0 Å². The van der Waals surface area contributed by atoms with Crippen molar-refractivity contribution in [1.82, 2.24) is 0 Å². The number of aromatic hydroxyl groups is 3. The topological polar surface area (TPSA) is 73.2 Å². The van der Waals surface area contributed by atoms with Gasteiger partial charge in [-0.05, 0) is 117 Å². The second-order valence-corrected chi connectivity index (χ2v) is 8.59. The average molecular weight is 456 g/mol. The van der Waals surface area contributed by atoms with Crippen molar-refractivity contribution >= 4 is 17.1 Å². The maximum atomic E-state index is 10.2. The molecule has 5 nitrogen and oxygen atoms in total. The number of nitrogens with zero attached hydrogens (tertiary/aromatic N) is 1. The minimum Gasteiger partial charge on any atom is -0.508 e. The molecule has 0 amide bonds. The van der Waals surface area contributed by atoms with Gasteiger partial charge in [0, 0.05) is 23.1 Å². The van der Waals surface area contributed by atoms with Crippen LogP contribution in [0.25, 0.3) is 0 Å². The van der Waals surface area contributed by atoms with E-state index in [1.54, 1.807) is 30.3 Å². The van der Waals surface area contributed by atoms with Gasteiger partial charge in [-0.2, -0.15) is 0 Å². The summed E-state index contributed by atoms with van der Waals surface area (Å²) in [4.78, 5) is 2.11. The van der Waals surface area contributed by atoms with E-state index < -0.39 is 0 Å². The van der Waals surface area contributed by atoms with Crippen molar-refractivity contribution < 1.29 is 20.1 Å². The number of benzene rings is 4. The molecule has 0 heterocycles. The van der Waals surface area contributed by atoms with E-state index in [2.05, 4.69) is 4.90 Å². The Balaban J connectivity index is 1.86. The molecular formula is C29H29NO4. The van der Waals surface area contributed by atoms with Gasteiger partial charge in [0.05, 0.1) is 0 Å². The first-order valence-corrected chi connectivity index (χ1v) is 11.1. The van der Waals surface area contributed by atoms with Gasteiger partial charge in [-0.1, -0.05) is 6.07 Å². The SMILES string of the molecule is Cc1cc(Oc2cccc(N(c3ccc(O)c(C)c3C)c3ccc(O)c(C)c3C)c2)ccc1O. The summed E-state index contributed by atoms with van der Waals surface area (Å²) in [5.41, 5.74) is 6.96. The van der Waals surface area contributed by atoms with Crippen LogP contribution in [0, 0.1) is 34.6 Å². The summed E-state index contributed by atoms with van der Waals surface area (Å²) >= 11 is 0. The second-order valence-electron chi connectivity index (χ2n) is 8.59. The molecular weight excluding hydrogens is 426 g/mol. The third-order valence-electron chi connectivity index (χ3n) is 6.42. The quantitative estimate of drug-likeness (QED) is 0.289. The standard InChI is InChI=1S/C29H29NO4/c1-17-15-24(9-12-27(17)31)34-23-8-6-7-22(16-23)30(25-10-13-28(32)20(4)18(25)2)26-11-14-29(33)21(5)19(26)3/h6-16,31-33H,1-5H3. The number of rotatable bonds is 5. The molecule has 0 saturated carbocycles. The fourth-order valence-electron chi connectivity index (χ4n) is 3.99. The monoisotopic (exact) mass is 455 g/mol. The number of hydrogen-bond acceptors (Lipinski definition) is 5. The highest BCUT2D eigenvalue weighted by molar-refractivity contribution is 5.82. The van der Waals surface area contributed by atoms with Crippen LogP contribution in [0.1, 0.15) is 27.8 Å². The van der Waals surface area contributed by atoms with Crippen molar-refractivity contribution in [1.29, 1.82) is 0 Å². The summed E-state index contributed by atoms with van der Waals surface area (Å²) in [5.74, 6) is 2.00. The highest BCUT2D eigenvalue weighted by atomic mass is 16.5. The molecule has 0 atom stereocenters. The first-order chi connectivity index (χ1) is 16.2. The molecule has 4 rings (SSSR count). The first kappa shape index (κ1) is 23.1. The van der Waals surface area contributed by atoms with Gasteiger partial charge in [0.15, 0.2) is 0 Å². The molecule has 5 heteroatoms. The lowest BCUT2D eigenvalue weighted by molar-refractivity contribution is 0.460. The largest absolute Gasteiger partial charge is 0.508 e. The lowest BCUT2D eigenvalue weighted by Gasteiger charge is -2.30. The maximum absolute atomic E-state index is 10.2. The first-order valence-electron chi connectivity index (χ1n) is 11.1. The molecule has 0 spiro atoms. The van der Waals surface area contributed by atoms with Crippen molar-refractivity contribution in [2.45, 2.75) is 34.6 Å². The van der Waals surface area contributed by atoms with Crippen molar-refractivity contribution in [3.05, 3.63) is 94.5 Å². The second kappa shape index (κ2) is 9.02. The molecule has 0 aromatic heterocycles. The van der Waals surface area contributed by atoms with E-state index in [0.717, 1.165) is 44.9 Å². The zero-order chi connectivity index (χ0) is 24.6. The summed E-state index contributed by atoms with van der Waals surface area (Å²) in [7, 11) is 0. The van der Waals surface area contributed by atoms with Crippen LogP contribution in [0.15, 0.2) is 66.7 Å². The molecule has 4 aromatic rings. The molecule has 4 aromatic carbocycles. The van der Waals surface area contributed by atoms with E-state index in [4.69, 9.17) is 4.74 Å². The Morgan fingerprint density at radius 1 is 0.559 bits per heavy atom. The van der Waals surface area contributed by atoms with Crippen LogP contribution < -0.4 is 9.64 Å². The Labute approximate surface area is 200 Å². The van der Waals surface area contributed by atoms with Gasteiger partial charge in [-0.3, -0.25) is 0 Å². The molecule has 34 heavy (non-hydrogen) atoms. The fourth-order valence-corrected chi connectivity index (χ4v) is 3.99. The van der Waals surface area contributed by atoms with Crippen LogP contribution in [0.4, 0.5) is 17.1 Å². The van der Waals surface area contributed by atoms with Gasteiger partial charge in [-0.15, -0.1) is 0 Å². The number of ether oxygens (including phenoxy) is 1. The zero-order valence-corrected chi connectivity index (χ0v) is 20.0. The Hall–Kier alpha value is -4.12. The predicted molar refractivity (Wildman–Crippen MR) is 136 cm³/mol. The predicted octanol–water partition coefficient (Wildman–Crippen LogP) is 7.61. The minimum atomic E-state index is 0.226.